The summed E-state index contributed by atoms with van der Waals surface area (Å²) >= 11 is 1.91. The third-order valence-corrected chi connectivity index (χ3v) is 4.15. The molecule has 19 heavy (non-hydrogen) atoms. The van der Waals surface area contributed by atoms with E-state index in [1.807, 2.05) is 11.8 Å². The van der Waals surface area contributed by atoms with Crippen molar-refractivity contribution in [1.82, 2.24) is 10.2 Å². The van der Waals surface area contributed by atoms with Gasteiger partial charge in [0.25, 0.3) is 0 Å². The van der Waals surface area contributed by atoms with Gasteiger partial charge in [-0.3, -0.25) is 4.90 Å². The Hall–Kier alpha value is -0.510. The van der Waals surface area contributed by atoms with Crippen LogP contribution in [0.15, 0.2) is 24.3 Å². The lowest BCUT2D eigenvalue weighted by molar-refractivity contribution is 0.270. The zero-order valence-electron chi connectivity index (χ0n) is 12.9. The molecule has 0 aliphatic heterocycles. The van der Waals surface area contributed by atoms with E-state index in [2.05, 4.69) is 68.6 Å². The maximum absolute atomic E-state index is 3.44. The summed E-state index contributed by atoms with van der Waals surface area (Å²) in [6.07, 6.45) is 2.17. The zero-order valence-corrected chi connectivity index (χ0v) is 13.8. The zero-order chi connectivity index (χ0) is 14.3. The van der Waals surface area contributed by atoms with Crippen LogP contribution in [0.2, 0.25) is 0 Å². The highest BCUT2D eigenvalue weighted by Crippen LogP contribution is 2.11. The molecular weight excluding hydrogens is 252 g/mol. The fraction of sp³-hybridized carbons (Fsp3) is 0.625. The molecule has 2 nitrogen and oxygen atoms in total. The number of thioether (sulfide) groups is 1. The molecule has 0 radical (unpaired) electrons. The Morgan fingerprint density at radius 1 is 1.11 bits per heavy atom. The Morgan fingerprint density at radius 2 is 1.68 bits per heavy atom. The molecular formula is C16H28N2S. The van der Waals surface area contributed by atoms with Gasteiger partial charge in [0, 0.05) is 30.9 Å². The van der Waals surface area contributed by atoms with Gasteiger partial charge in [0.2, 0.25) is 0 Å². The van der Waals surface area contributed by atoms with Crippen molar-refractivity contribution in [2.75, 3.05) is 19.1 Å². The molecule has 1 aromatic rings. The molecule has 1 unspecified atom stereocenters. The summed E-state index contributed by atoms with van der Waals surface area (Å²) in [5, 5.41) is 3.44. The fourth-order valence-electron chi connectivity index (χ4n) is 1.90. The number of benzene rings is 1. The van der Waals surface area contributed by atoms with Gasteiger partial charge in [-0.25, -0.2) is 0 Å². The highest BCUT2D eigenvalue weighted by atomic mass is 32.2. The standard InChI is InChI=1S/C16H28N2S/c1-13(2)17-10-15-6-8-16(9-7-15)11-18(4)14(3)12-19-5/h6-9,13-14,17H,10-12H2,1-5H3. The molecule has 0 aliphatic rings. The van der Waals surface area contributed by atoms with Gasteiger partial charge >= 0.3 is 0 Å². The highest BCUT2D eigenvalue weighted by Gasteiger charge is 2.08. The van der Waals surface area contributed by atoms with E-state index in [-0.39, 0.29) is 0 Å². The second-order valence-corrected chi connectivity index (χ2v) is 6.48. The van der Waals surface area contributed by atoms with Crippen LogP contribution in [0.5, 0.6) is 0 Å². The smallest absolute Gasteiger partial charge is 0.0233 e. The van der Waals surface area contributed by atoms with Crippen molar-refractivity contribution >= 4 is 11.8 Å². The maximum Gasteiger partial charge on any atom is 0.0233 e. The summed E-state index contributed by atoms with van der Waals surface area (Å²) in [6.45, 7) is 8.63. The van der Waals surface area contributed by atoms with Crippen molar-refractivity contribution in [2.24, 2.45) is 0 Å². The molecule has 1 aromatic carbocycles. The predicted octanol–water partition coefficient (Wildman–Crippen LogP) is 3.37. The molecule has 0 spiro atoms. The largest absolute Gasteiger partial charge is 0.310 e. The van der Waals surface area contributed by atoms with E-state index >= 15 is 0 Å². The van der Waals surface area contributed by atoms with Gasteiger partial charge in [0.1, 0.15) is 0 Å². The second-order valence-electron chi connectivity index (χ2n) is 5.57. The molecule has 0 amide bonds. The molecule has 3 heteroatoms. The molecule has 1 N–H and O–H groups in total. The average Bonchev–Trinajstić information content (AvgIpc) is 2.38. The van der Waals surface area contributed by atoms with Gasteiger partial charge in [0.15, 0.2) is 0 Å². The lowest BCUT2D eigenvalue weighted by Gasteiger charge is -2.24. The number of nitrogens with one attached hydrogen (secondary N) is 1. The van der Waals surface area contributed by atoms with Crippen LogP contribution in [0.4, 0.5) is 0 Å². The van der Waals surface area contributed by atoms with Crippen LogP contribution in [0.25, 0.3) is 0 Å². The summed E-state index contributed by atoms with van der Waals surface area (Å²) in [5.41, 5.74) is 2.75. The maximum atomic E-state index is 3.44. The summed E-state index contributed by atoms with van der Waals surface area (Å²) < 4.78 is 0. The van der Waals surface area contributed by atoms with E-state index in [0.717, 1.165) is 13.1 Å². The Balaban J connectivity index is 2.47. The van der Waals surface area contributed by atoms with Crippen molar-refractivity contribution in [3.63, 3.8) is 0 Å². The lowest BCUT2D eigenvalue weighted by Crippen LogP contribution is -2.30. The molecule has 1 atom stereocenters. The van der Waals surface area contributed by atoms with E-state index in [4.69, 9.17) is 0 Å². The topological polar surface area (TPSA) is 15.3 Å². The predicted molar refractivity (Wildman–Crippen MR) is 87.7 cm³/mol. The van der Waals surface area contributed by atoms with Crippen molar-refractivity contribution < 1.29 is 0 Å². The first-order chi connectivity index (χ1) is 9.02. The normalized spacial score (nSPS) is 13.2. The Kier molecular flexibility index (Phi) is 7.51. The summed E-state index contributed by atoms with van der Waals surface area (Å²) in [7, 11) is 2.20. The van der Waals surface area contributed by atoms with Gasteiger partial charge in [-0.05, 0) is 31.4 Å². The van der Waals surface area contributed by atoms with E-state index in [0.29, 0.717) is 12.1 Å². The van der Waals surface area contributed by atoms with Crippen LogP contribution in [-0.4, -0.2) is 36.0 Å². The van der Waals surface area contributed by atoms with E-state index < -0.39 is 0 Å². The van der Waals surface area contributed by atoms with Crippen LogP contribution in [0, 0.1) is 0 Å². The first kappa shape index (κ1) is 16.5. The van der Waals surface area contributed by atoms with Crippen molar-refractivity contribution in [3.05, 3.63) is 35.4 Å². The Bertz CT molecular complexity index is 348. The Morgan fingerprint density at radius 3 is 2.21 bits per heavy atom. The van der Waals surface area contributed by atoms with Gasteiger partial charge in [0.05, 0.1) is 0 Å². The van der Waals surface area contributed by atoms with Gasteiger partial charge in [-0.15, -0.1) is 0 Å². The highest BCUT2D eigenvalue weighted by molar-refractivity contribution is 7.98. The third-order valence-electron chi connectivity index (χ3n) is 3.33. The minimum Gasteiger partial charge on any atom is -0.310 e. The van der Waals surface area contributed by atoms with E-state index in [9.17, 15) is 0 Å². The molecule has 0 bridgehead atoms. The quantitative estimate of drug-likeness (QED) is 0.786. The van der Waals surface area contributed by atoms with Crippen molar-refractivity contribution in [2.45, 2.75) is 45.9 Å². The molecule has 0 saturated carbocycles. The number of rotatable bonds is 8. The average molecular weight is 280 g/mol. The minimum absolute atomic E-state index is 0.540. The molecule has 0 heterocycles. The van der Waals surface area contributed by atoms with Crippen LogP contribution in [0.1, 0.15) is 31.9 Å². The molecule has 0 saturated heterocycles. The molecule has 108 valence electrons. The summed E-state index contributed by atoms with van der Waals surface area (Å²) in [6, 6.07) is 10.1. The molecule has 0 aliphatic carbocycles. The molecule has 0 fully saturated rings. The van der Waals surface area contributed by atoms with Crippen LogP contribution >= 0.6 is 11.8 Å². The third kappa shape index (κ3) is 6.46. The first-order valence-electron chi connectivity index (χ1n) is 7.03. The summed E-state index contributed by atoms with van der Waals surface area (Å²) in [4.78, 5) is 2.41. The van der Waals surface area contributed by atoms with E-state index in [1.54, 1.807) is 0 Å². The fourth-order valence-corrected chi connectivity index (χ4v) is 2.63. The van der Waals surface area contributed by atoms with Gasteiger partial charge in [-0.1, -0.05) is 38.1 Å². The number of nitrogens with zero attached hydrogens (tertiary/aromatic N) is 1. The SMILES string of the molecule is CSCC(C)N(C)Cc1ccc(CNC(C)C)cc1. The molecule has 0 aromatic heterocycles. The van der Waals surface area contributed by atoms with Gasteiger partial charge in [-0.2, -0.15) is 11.8 Å². The van der Waals surface area contributed by atoms with Crippen molar-refractivity contribution in [1.29, 1.82) is 0 Å². The first-order valence-corrected chi connectivity index (χ1v) is 8.42. The van der Waals surface area contributed by atoms with Crippen LogP contribution in [0.3, 0.4) is 0 Å². The summed E-state index contributed by atoms with van der Waals surface area (Å²) in [5.74, 6) is 1.19. The second kappa shape index (κ2) is 8.62. The Labute approximate surface area is 123 Å². The van der Waals surface area contributed by atoms with Crippen LogP contribution < -0.4 is 5.32 Å². The van der Waals surface area contributed by atoms with Crippen molar-refractivity contribution in [3.8, 4) is 0 Å². The monoisotopic (exact) mass is 280 g/mol. The number of hydrogen-bond acceptors (Lipinski definition) is 3. The van der Waals surface area contributed by atoms with Crippen LogP contribution in [-0.2, 0) is 13.1 Å². The van der Waals surface area contributed by atoms with Gasteiger partial charge < -0.3 is 5.32 Å². The lowest BCUT2D eigenvalue weighted by atomic mass is 10.1. The number of hydrogen-bond donors (Lipinski definition) is 1. The minimum atomic E-state index is 0.540. The molecule has 1 rings (SSSR count). The van der Waals surface area contributed by atoms with E-state index in [1.165, 1.54) is 16.9 Å².